The lowest BCUT2D eigenvalue weighted by molar-refractivity contribution is 0.214. The molecule has 0 aromatic carbocycles. The topological polar surface area (TPSA) is 32.3 Å². The van der Waals surface area contributed by atoms with Crippen LogP contribution in [0.4, 0.5) is 0 Å². The molecule has 2 N–H and O–H groups in total. The molecule has 9 heavy (non-hydrogen) atoms. The number of hydrogen-bond acceptors (Lipinski definition) is 2. The van der Waals surface area contributed by atoms with Gasteiger partial charge >= 0.3 is 0 Å². The maximum absolute atomic E-state index is 8.83. The molecule has 0 bridgehead atoms. The summed E-state index contributed by atoms with van der Waals surface area (Å²) in [7, 11) is 0. The van der Waals surface area contributed by atoms with E-state index >= 15 is 0 Å². The van der Waals surface area contributed by atoms with E-state index in [1.165, 1.54) is 6.42 Å². The Balaban J connectivity index is 0.000000405. The molecule has 2 rings (SSSR count). The van der Waals surface area contributed by atoms with E-state index in [1.54, 1.807) is 0 Å². The molecule has 1 aliphatic heterocycles. The van der Waals surface area contributed by atoms with Crippen LogP contribution in [0, 0.1) is 11.3 Å². The molecule has 0 aromatic heterocycles. The van der Waals surface area contributed by atoms with Crippen LogP contribution in [0.5, 0.6) is 0 Å². The Bertz CT molecular complexity index is 116. The summed E-state index contributed by atoms with van der Waals surface area (Å²) in [6, 6.07) is 0. The highest BCUT2D eigenvalue weighted by Gasteiger charge is 2.56. The number of aliphatic hydroxyl groups is 1. The summed E-state index contributed by atoms with van der Waals surface area (Å²) in [5.41, 5.74) is 0.347. The zero-order valence-corrected chi connectivity index (χ0v) is 6.08. The van der Waals surface area contributed by atoms with Crippen LogP contribution in [0.1, 0.15) is 6.42 Å². The van der Waals surface area contributed by atoms with Crippen molar-refractivity contribution in [3.05, 3.63) is 0 Å². The van der Waals surface area contributed by atoms with Crippen LogP contribution in [0.2, 0.25) is 0 Å². The molecule has 0 aromatic rings. The van der Waals surface area contributed by atoms with Crippen molar-refractivity contribution in [1.82, 2.24) is 5.32 Å². The molecule has 2 atom stereocenters. The molecule has 2 nitrogen and oxygen atoms in total. The highest BCUT2D eigenvalue weighted by atomic mass is 35.5. The standard InChI is InChI=1S/C6H11NO.ClH/c8-4-6-1-5(6)2-7-3-6;/h5,7-8H,1-4H2;1H. The summed E-state index contributed by atoms with van der Waals surface area (Å²) < 4.78 is 0. The molecule has 1 saturated heterocycles. The quantitative estimate of drug-likeness (QED) is 0.551. The summed E-state index contributed by atoms with van der Waals surface area (Å²) in [6.45, 7) is 2.58. The molecule has 0 spiro atoms. The van der Waals surface area contributed by atoms with Crippen molar-refractivity contribution in [3.8, 4) is 0 Å². The molecule has 1 heterocycles. The molecule has 54 valence electrons. The second-order valence-electron chi connectivity index (χ2n) is 3.05. The average molecular weight is 150 g/mol. The van der Waals surface area contributed by atoms with Gasteiger partial charge in [0.05, 0.1) is 6.61 Å². The first kappa shape index (κ1) is 7.32. The number of rotatable bonds is 1. The molecular weight excluding hydrogens is 138 g/mol. The predicted octanol–water partition coefficient (Wildman–Crippen LogP) is 0.0100. The molecule has 2 fully saturated rings. The van der Waals surface area contributed by atoms with Crippen LogP contribution in [0.3, 0.4) is 0 Å². The highest BCUT2D eigenvalue weighted by molar-refractivity contribution is 5.85. The highest BCUT2D eigenvalue weighted by Crippen LogP contribution is 2.54. The number of nitrogens with one attached hydrogen (secondary N) is 1. The van der Waals surface area contributed by atoms with Crippen LogP contribution in [0.25, 0.3) is 0 Å². The van der Waals surface area contributed by atoms with Crippen LogP contribution in [-0.4, -0.2) is 24.8 Å². The number of fused-ring (bicyclic) bond motifs is 1. The first-order chi connectivity index (χ1) is 3.87. The third-order valence-corrected chi connectivity index (χ3v) is 2.54. The van der Waals surface area contributed by atoms with Gasteiger partial charge in [-0.05, 0) is 18.9 Å². The Morgan fingerprint density at radius 3 is 2.67 bits per heavy atom. The number of hydrogen-bond donors (Lipinski definition) is 2. The van der Waals surface area contributed by atoms with E-state index < -0.39 is 0 Å². The SMILES string of the molecule is Cl.OCC12CNCC1C2. The largest absolute Gasteiger partial charge is 0.396 e. The Kier molecular flexibility index (Phi) is 1.72. The Morgan fingerprint density at radius 2 is 2.44 bits per heavy atom. The summed E-state index contributed by atoms with van der Waals surface area (Å²) in [5, 5.41) is 12.1. The van der Waals surface area contributed by atoms with Gasteiger partial charge in [-0.15, -0.1) is 12.4 Å². The second-order valence-corrected chi connectivity index (χ2v) is 3.05. The summed E-state index contributed by atoms with van der Waals surface area (Å²) in [6.07, 6.45) is 1.26. The van der Waals surface area contributed by atoms with Crippen molar-refractivity contribution in [2.45, 2.75) is 6.42 Å². The fraction of sp³-hybridized carbons (Fsp3) is 1.00. The van der Waals surface area contributed by atoms with E-state index in [0.29, 0.717) is 12.0 Å². The van der Waals surface area contributed by atoms with Gasteiger partial charge < -0.3 is 10.4 Å². The third kappa shape index (κ3) is 0.858. The predicted molar refractivity (Wildman–Crippen MR) is 37.7 cm³/mol. The smallest absolute Gasteiger partial charge is 0.0502 e. The first-order valence-corrected chi connectivity index (χ1v) is 3.19. The van der Waals surface area contributed by atoms with Crippen LogP contribution in [0.15, 0.2) is 0 Å². The van der Waals surface area contributed by atoms with Gasteiger partial charge in [0, 0.05) is 12.0 Å². The number of piperidine rings is 1. The zero-order chi connectivity index (χ0) is 5.61. The fourth-order valence-electron chi connectivity index (χ4n) is 1.68. The summed E-state index contributed by atoms with van der Waals surface area (Å²) in [5.74, 6) is 0.812. The van der Waals surface area contributed by atoms with Crippen molar-refractivity contribution in [2.24, 2.45) is 11.3 Å². The molecule has 2 aliphatic rings. The van der Waals surface area contributed by atoms with E-state index in [2.05, 4.69) is 5.32 Å². The van der Waals surface area contributed by atoms with E-state index in [4.69, 9.17) is 5.11 Å². The van der Waals surface area contributed by atoms with Crippen molar-refractivity contribution in [2.75, 3.05) is 19.7 Å². The molecule has 0 amide bonds. The normalized spacial score (nSPS) is 45.7. The zero-order valence-electron chi connectivity index (χ0n) is 5.26. The van der Waals surface area contributed by atoms with Gasteiger partial charge in [0.2, 0.25) is 0 Å². The number of aliphatic hydroxyl groups excluding tert-OH is 1. The molecule has 2 unspecified atom stereocenters. The maximum Gasteiger partial charge on any atom is 0.0502 e. The summed E-state index contributed by atoms with van der Waals surface area (Å²) in [4.78, 5) is 0. The van der Waals surface area contributed by atoms with Crippen molar-refractivity contribution in [3.63, 3.8) is 0 Å². The molecule has 1 saturated carbocycles. The van der Waals surface area contributed by atoms with Gasteiger partial charge in [0.25, 0.3) is 0 Å². The van der Waals surface area contributed by atoms with Crippen LogP contribution < -0.4 is 5.32 Å². The van der Waals surface area contributed by atoms with E-state index in [1.807, 2.05) is 0 Å². The molecule has 3 heteroatoms. The lowest BCUT2D eigenvalue weighted by Crippen LogP contribution is -2.18. The second kappa shape index (κ2) is 2.11. The van der Waals surface area contributed by atoms with Crippen LogP contribution in [-0.2, 0) is 0 Å². The maximum atomic E-state index is 8.83. The van der Waals surface area contributed by atoms with Crippen molar-refractivity contribution < 1.29 is 5.11 Å². The van der Waals surface area contributed by atoms with Gasteiger partial charge in [0.1, 0.15) is 0 Å². The number of halogens is 1. The molecular formula is C6H12ClNO. The van der Waals surface area contributed by atoms with Crippen molar-refractivity contribution >= 4 is 12.4 Å². The fourth-order valence-corrected chi connectivity index (χ4v) is 1.68. The van der Waals surface area contributed by atoms with Gasteiger partial charge in [0.15, 0.2) is 0 Å². The van der Waals surface area contributed by atoms with Crippen molar-refractivity contribution in [1.29, 1.82) is 0 Å². The van der Waals surface area contributed by atoms with Crippen LogP contribution >= 0.6 is 12.4 Å². The first-order valence-electron chi connectivity index (χ1n) is 3.19. The monoisotopic (exact) mass is 149 g/mol. The van der Waals surface area contributed by atoms with Gasteiger partial charge in [-0.25, -0.2) is 0 Å². The molecule has 0 radical (unpaired) electrons. The minimum atomic E-state index is 0. The average Bonchev–Trinajstić information content (AvgIpc) is 2.38. The minimum absolute atomic E-state index is 0. The third-order valence-electron chi connectivity index (χ3n) is 2.54. The van der Waals surface area contributed by atoms with E-state index in [0.717, 1.165) is 19.0 Å². The summed E-state index contributed by atoms with van der Waals surface area (Å²) >= 11 is 0. The Labute approximate surface area is 61.0 Å². The van der Waals surface area contributed by atoms with Gasteiger partial charge in [-0.3, -0.25) is 0 Å². The van der Waals surface area contributed by atoms with Gasteiger partial charge in [-0.2, -0.15) is 0 Å². The minimum Gasteiger partial charge on any atom is -0.396 e. The Morgan fingerprint density at radius 1 is 1.67 bits per heavy atom. The lowest BCUT2D eigenvalue weighted by Gasteiger charge is -2.03. The van der Waals surface area contributed by atoms with E-state index in [9.17, 15) is 0 Å². The lowest BCUT2D eigenvalue weighted by atomic mass is 10.1. The van der Waals surface area contributed by atoms with Gasteiger partial charge in [-0.1, -0.05) is 0 Å². The molecule has 1 aliphatic carbocycles. The Hall–Kier alpha value is 0.210. The van der Waals surface area contributed by atoms with E-state index in [-0.39, 0.29) is 12.4 Å².